The topological polar surface area (TPSA) is 27.0 Å². The van der Waals surface area contributed by atoms with Crippen molar-refractivity contribution < 1.29 is 0 Å². The summed E-state index contributed by atoms with van der Waals surface area (Å²) in [6.07, 6.45) is 1.99. The lowest BCUT2D eigenvalue weighted by Crippen LogP contribution is -2.12. The molecule has 0 bridgehead atoms. The van der Waals surface area contributed by atoms with Crippen LogP contribution < -0.4 is 4.90 Å². The Hall–Kier alpha value is -1.92. The minimum absolute atomic E-state index is 0.737. The largest absolute Gasteiger partial charge is 0.343 e. The number of aryl methyl sites for hydroxylation is 1. The number of nitriles is 1. The molecule has 0 heterocycles. The number of rotatable bonds is 3. The highest BCUT2D eigenvalue weighted by Crippen LogP contribution is 2.33. The Labute approximate surface area is 118 Å². The lowest BCUT2D eigenvalue weighted by atomic mass is 10.1. The number of hydrogen-bond acceptors (Lipinski definition) is 3. The van der Waals surface area contributed by atoms with Gasteiger partial charge in [0.2, 0.25) is 0 Å². The molecule has 96 valence electrons. The minimum Gasteiger partial charge on any atom is -0.343 e. The second-order valence-corrected chi connectivity index (χ2v) is 5.16. The Morgan fingerprint density at radius 3 is 2.37 bits per heavy atom. The minimum atomic E-state index is 0.737. The van der Waals surface area contributed by atoms with Gasteiger partial charge in [0.05, 0.1) is 11.3 Å². The van der Waals surface area contributed by atoms with Gasteiger partial charge >= 0.3 is 0 Å². The maximum Gasteiger partial charge on any atom is 0.103 e. The molecule has 0 radical (unpaired) electrons. The Balaban J connectivity index is 2.54. The lowest BCUT2D eigenvalue weighted by molar-refractivity contribution is 1.16. The molecule has 0 saturated carbocycles. The summed E-state index contributed by atoms with van der Waals surface area (Å²) in [5.74, 6) is 0. The zero-order chi connectivity index (χ0) is 13.8. The fourth-order valence-corrected chi connectivity index (χ4v) is 2.72. The summed E-state index contributed by atoms with van der Waals surface area (Å²) in [6, 6.07) is 16.5. The van der Waals surface area contributed by atoms with Crippen molar-refractivity contribution in [2.24, 2.45) is 0 Å². The van der Waals surface area contributed by atoms with Crippen molar-refractivity contribution in [2.75, 3.05) is 18.2 Å². The highest BCUT2D eigenvalue weighted by molar-refractivity contribution is 7.98. The molecule has 0 aliphatic carbocycles. The Bertz CT molecular complexity index is 629. The van der Waals surface area contributed by atoms with E-state index in [0.717, 1.165) is 21.8 Å². The first-order valence-corrected chi connectivity index (χ1v) is 7.28. The summed E-state index contributed by atoms with van der Waals surface area (Å²) < 4.78 is 0. The molecule has 0 aliphatic rings. The molecular formula is C16H16N2S. The summed E-state index contributed by atoms with van der Waals surface area (Å²) in [5, 5.41) is 9.41. The van der Waals surface area contributed by atoms with Crippen LogP contribution in [0.4, 0.5) is 11.4 Å². The van der Waals surface area contributed by atoms with E-state index >= 15 is 0 Å². The van der Waals surface area contributed by atoms with Crippen LogP contribution in [0, 0.1) is 18.3 Å². The van der Waals surface area contributed by atoms with Crippen molar-refractivity contribution in [3.63, 3.8) is 0 Å². The Kier molecular flexibility index (Phi) is 4.13. The molecular weight excluding hydrogens is 252 g/mol. The number of thioether (sulfide) groups is 1. The predicted octanol–water partition coefficient (Wildman–Crippen LogP) is 4.36. The average molecular weight is 268 g/mol. The Morgan fingerprint density at radius 2 is 1.74 bits per heavy atom. The smallest absolute Gasteiger partial charge is 0.103 e. The fraction of sp³-hybridized carbons (Fsp3) is 0.188. The standard InChI is InChI=1S/C16H16N2S/c1-12-7-4-5-8-14(12)18(2)15-9-6-10-16(19-3)13(15)11-17/h4-10H,1-3H3. The van der Waals surface area contributed by atoms with Gasteiger partial charge in [-0.25, -0.2) is 0 Å². The first kappa shape index (κ1) is 13.5. The lowest BCUT2D eigenvalue weighted by Gasteiger charge is -2.23. The van der Waals surface area contributed by atoms with Gasteiger partial charge in [-0.2, -0.15) is 5.26 Å². The number of hydrogen-bond donors (Lipinski definition) is 0. The van der Waals surface area contributed by atoms with E-state index in [0.29, 0.717) is 0 Å². The van der Waals surface area contributed by atoms with E-state index in [1.165, 1.54) is 5.56 Å². The van der Waals surface area contributed by atoms with Crippen LogP contribution in [0.15, 0.2) is 47.4 Å². The van der Waals surface area contributed by atoms with Crippen molar-refractivity contribution in [2.45, 2.75) is 11.8 Å². The quantitative estimate of drug-likeness (QED) is 0.774. The molecule has 19 heavy (non-hydrogen) atoms. The van der Waals surface area contributed by atoms with Crippen molar-refractivity contribution in [1.29, 1.82) is 5.26 Å². The highest BCUT2D eigenvalue weighted by atomic mass is 32.2. The first-order valence-electron chi connectivity index (χ1n) is 6.05. The molecule has 2 rings (SSSR count). The van der Waals surface area contributed by atoms with E-state index in [1.54, 1.807) is 11.8 Å². The third-order valence-corrected chi connectivity index (χ3v) is 3.95. The van der Waals surface area contributed by atoms with Crippen LogP contribution in [0.5, 0.6) is 0 Å². The zero-order valence-corrected chi connectivity index (χ0v) is 12.2. The van der Waals surface area contributed by atoms with E-state index in [9.17, 15) is 5.26 Å². The van der Waals surface area contributed by atoms with Gasteiger partial charge < -0.3 is 4.90 Å². The number of para-hydroxylation sites is 1. The van der Waals surface area contributed by atoms with Gasteiger partial charge in [-0.1, -0.05) is 24.3 Å². The first-order chi connectivity index (χ1) is 9.19. The second kappa shape index (κ2) is 5.81. The highest BCUT2D eigenvalue weighted by Gasteiger charge is 2.13. The predicted molar refractivity (Wildman–Crippen MR) is 82.2 cm³/mol. The van der Waals surface area contributed by atoms with Gasteiger partial charge in [0, 0.05) is 17.6 Å². The van der Waals surface area contributed by atoms with Crippen LogP contribution in [0.3, 0.4) is 0 Å². The molecule has 0 aliphatic heterocycles. The van der Waals surface area contributed by atoms with E-state index in [-0.39, 0.29) is 0 Å². The Morgan fingerprint density at radius 1 is 1.05 bits per heavy atom. The van der Waals surface area contributed by atoms with Crippen molar-refractivity contribution in [3.05, 3.63) is 53.6 Å². The van der Waals surface area contributed by atoms with Crippen molar-refractivity contribution in [3.8, 4) is 6.07 Å². The summed E-state index contributed by atoms with van der Waals surface area (Å²) >= 11 is 1.60. The van der Waals surface area contributed by atoms with E-state index in [4.69, 9.17) is 0 Å². The van der Waals surface area contributed by atoms with Crippen molar-refractivity contribution >= 4 is 23.1 Å². The average Bonchev–Trinajstić information content (AvgIpc) is 2.46. The molecule has 0 unspecified atom stereocenters. The summed E-state index contributed by atoms with van der Waals surface area (Å²) in [5.41, 5.74) is 4.00. The van der Waals surface area contributed by atoms with Gasteiger partial charge in [0.25, 0.3) is 0 Å². The molecule has 0 fully saturated rings. The van der Waals surface area contributed by atoms with Crippen LogP contribution in [0.2, 0.25) is 0 Å². The number of anilines is 2. The normalized spacial score (nSPS) is 10.0. The molecule has 2 nitrogen and oxygen atoms in total. The van der Waals surface area contributed by atoms with E-state index in [1.807, 2.05) is 43.6 Å². The van der Waals surface area contributed by atoms with Gasteiger partial charge in [-0.15, -0.1) is 11.8 Å². The molecule has 2 aromatic carbocycles. The fourth-order valence-electron chi connectivity index (χ4n) is 2.15. The second-order valence-electron chi connectivity index (χ2n) is 4.31. The van der Waals surface area contributed by atoms with Crippen LogP contribution in [0.1, 0.15) is 11.1 Å². The summed E-state index contributed by atoms with van der Waals surface area (Å²) in [7, 11) is 2.00. The zero-order valence-electron chi connectivity index (χ0n) is 11.3. The molecule has 0 spiro atoms. The molecule has 3 heteroatoms. The third kappa shape index (κ3) is 2.59. The van der Waals surface area contributed by atoms with Crippen LogP contribution in [-0.4, -0.2) is 13.3 Å². The number of benzene rings is 2. The van der Waals surface area contributed by atoms with Crippen LogP contribution >= 0.6 is 11.8 Å². The monoisotopic (exact) mass is 268 g/mol. The SMILES string of the molecule is CSc1cccc(N(C)c2ccccc2C)c1C#N. The molecule has 0 saturated heterocycles. The molecule has 0 N–H and O–H groups in total. The van der Waals surface area contributed by atoms with Gasteiger partial charge in [0.15, 0.2) is 0 Å². The molecule has 0 aromatic heterocycles. The van der Waals surface area contributed by atoms with Crippen LogP contribution in [-0.2, 0) is 0 Å². The molecule has 0 atom stereocenters. The number of nitrogens with zero attached hydrogens (tertiary/aromatic N) is 2. The van der Waals surface area contributed by atoms with Gasteiger partial charge in [-0.05, 0) is 36.9 Å². The maximum atomic E-state index is 9.41. The van der Waals surface area contributed by atoms with Gasteiger partial charge in [-0.3, -0.25) is 0 Å². The summed E-state index contributed by atoms with van der Waals surface area (Å²) in [4.78, 5) is 3.09. The van der Waals surface area contributed by atoms with E-state index in [2.05, 4.69) is 30.0 Å². The van der Waals surface area contributed by atoms with Crippen molar-refractivity contribution in [1.82, 2.24) is 0 Å². The third-order valence-electron chi connectivity index (χ3n) is 3.17. The summed E-state index contributed by atoms with van der Waals surface area (Å²) in [6.45, 7) is 2.08. The van der Waals surface area contributed by atoms with Gasteiger partial charge in [0.1, 0.15) is 6.07 Å². The van der Waals surface area contributed by atoms with E-state index < -0.39 is 0 Å². The molecule has 0 amide bonds. The molecule has 2 aromatic rings. The maximum absolute atomic E-state index is 9.41. The van der Waals surface area contributed by atoms with Crippen LogP contribution in [0.25, 0.3) is 0 Å².